The second-order valence-electron chi connectivity index (χ2n) is 6.55. The van der Waals surface area contributed by atoms with E-state index in [1.807, 2.05) is 6.92 Å². The molecule has 0 atom stereocenters. The monoisotopic (exact) mass is 421 g/mol. The molecule has 0 aromatic heterocycles. The van der Waals surface area contributed by atoms with Gasteiger partial charge >= 0.3 is 0 Å². The predicted octanol–water partition coefficient (Wildman–Crippen LogP) is 2.36. The number of carbonyl (C=O) groups is 2. The van der Waals surface area contributed by atoms with Crippen LogP contribution in [0.5, 0.6) is 0 Å². The summed E-state index contributed by atoms with van der Waals surface area (Å²) in [6, 6.07) is 10.9. The molecule has 1 saturated heterocycles. The van der Waals surface area contributed by atoms with Crippen molar-refractivity contribution in [2.45, 2.75) is 11.8 Å². The summed E-state index contributed by atoms with van der Waals surface area (Å²) in [5.74, 6) is -0.299. The number of aryl methyl sites for hydroxylation is 1. The van der Waals surface area contributed by atoms with Crippen molar-refractivity contribution in [1.29, 1.82) is 0 Å². The van der Waals surface area contributed by atoms with Crippen molar-refractivity contribution in [3.8, 4) is 0 Å². The lowest BCUT2D eigenvalue weighted by Gasteiger charge is -2.32. The molecule has 0 spiro atoms. The number of nitrogens with one attached hydrogen (secondary N) is 1. The summed E-state index contributed by atoms with van der Waals surface area (Å²) in [4.78, 5) is 26.9. The third-order valence-electron chi connectivity index (χ3n) is 4.53. The summed E-state index contributed by atoms with van der Waals surface area (Å²) < 4.78 is 27.6. The van der Waals surface area contributed by atoms with Crippen LogP contribution < -0.4 is 4.72 Å². The Bertz CT molecular complexity index is 985. The van der Waals surface area contributed by atoms with E-state index in [1.54, 1.807) is 21.9 Å². The van der Waals surface area contributed by atoms with Gasteiger partial charge in [0.1, 0.15) is 0 Å². The van der Waals surface area contributed by atoms with E-state index in [0.717, 1.165) is 12.0 Å². The normalized spacial score (nSPS) is 14.6. The van der Waals surface area contributed by atoms with E-state index in [9.17, 15) is 18.0 Å². The number of hydrogen-bond donors (Lipinski definition) is 1. The lowest BCUT2D eigenvalue weighted by atomic mass is 10.1. The fourth-order valence-electron chi connectivity index (χ4n) is 2.88. The number of hydrogen-bond acceptors (Lipinski definition) is 4. The van der Waals surface area contributed by atoms with Crippen molar-refractivity contribution in [2.24, 2.45) is 0 Å². The van der Waals surface area contributed by atoms with E-state index in [0.29, 0.717) is 26.2 Å². The van der Waals surface area contributed by atoms with Crippen LogP contribution in [0.4, 0.5) is 5.69 Å². The van der Waals surface area contributed by atoms with E-state index >= 15 is 0 Å². The lowest BCUT2D eigenvalue weighted by molar-refractivity contribution is -0.119. The number of benzene rings is 2. The van der Waals surface area contributed by atoms with Gasteiger partial charge in [0.15, 0.2) is 0 Å². The van der Waals surface area contributed by atoms with Gasteiger partial charge in [0, 0.05) is 31.9 Å². The van der Waals surface area contributed by atoms with Crippen LogP contribution in [0.1, 0.15) is 15.9 Å². The zero-order valence-corrected chi connectivity index (χ0v) is 16.8. The molecule has 2 aromatic rings. The maximum absolute atomic E-state index is 12.8. The largest absolute Gasteiger partial charge is 0.342 e. The second-order valence-corrected chi connectivity index (χ2v) is 8.64. The van der Waals surface area contributed by atoms with Crippen molar-refractivity contribution in [2.75, 3.05) is 30.9 Å². The van der Waals surface area contributed by atoms with Crippen LogP contribution >= 0.6 is 11.6 Å². The Balaban J connectivity index is 1.80. The molecular weight excluding hydrogens is 402 g/mol. The van der Waals surface area contributed by atoms with Crippen molar-refractivity contribution in [1.82, 2.24) is 9.80 Å². The lowest BCUT2D eigenvalue weighted by Crippen LogP contribution is -2.48. The fraction of sp³-hybridized carbons (Fsp3) is 0.263. The number of halogens is 1. The molecule has 1 fully saturated rings. The van der Waals surface area contributed by atoms with Crippen LogP contribution in [0.3, 0.4) is 0 Å². The van der Waals surface area contributed by atoms with Gasteiger partial charge in [0.25, 0.3) is 15.9 Å². The highest BCUT2D eigenvalue weighted by molar-refractivity contribution is 7.92. The van der Waals surface area contributed by atoms with Crippen molar-refractivity contribution >= 4 is 39.6 Å². The summed E-state index contributed by atoms with van der Waals surface area (Å²) in [6.45, 7) is 3.56. The molecule has 0 unspecified atom stereocenters. The Labute approximate surface area is 168 Å². The Morgan fingerprint density at radius 2 is 1.71 bits per heavy atom. The Kier molecular flexibility index (Phi) is 5.90. The SMILES string of the molecule is Cc1ccc(S(=O)(=O)Nc2ccc(Cl)c(C(=O)N3CCN(C=O)CC3)c2)cc1. The minimum absolute atomic E-state index is 0.130. The standard InChI is InChI=1S/C19H20ClN3O4S/c1-14-2-5-16(6-3-14)28(26,27)21-15-4-7-18(20)17(12-15)19(25)23-10-8-22(13-24)9-11-23/h2-7,12-13,21H,8-11H2,1H3. The van der Waals surface area contributed by atoms with Gasteiger partial charge in [0.2, 0.25) is 6.41 Å². The molecule has 2 aromatic carbocycles. The number of nitrogens with zero attached hydrogens (tertiary/aromatic N) is 2. The van der Waals surface area contributed by atoms with E-state index in [2.05, 4.69) is 4.72 Å². The van der Waals surface area contributed by atoms with Crippen molar-refractivity contribution in [3.63, 3.8) is 0 Å². The summed E-state index contributed by atoms with van der Waals surface area (Å²) in [7, 11) is -3.78. The maximum atomic E-state index is 12.8. The van der Waals surface area contributed by atoms with Gasteiger partial charge in [-0.1, -0.05) is 29.3 Å². The quantitative estimate of drug-likeness (QED) is 0.751. The predicted molar refractivity (Wildman–Crippen MR) is 107 cm³/mol. The Morgan fingerprint density at radius 3 is 2.32 bits per heavy atom. The topological polar surface area (TPSA) is 86.8 Å². The minimum atomic E-state index is -3.78. The minimum Gasteiger partial charge on any atom is -0.342 e. The van der Waals surface area contributed by atoms with Crippen LogP contribution in [0.15, 0.2) is 47.4 Å². The molecule has 0 bridgehead atoms. The number of sulfonamides is 1. The van der Waals surface area contributed by atoms with Gasteiger partial charge in [-0.05, 0) is 37.3 Å². The van der Waals surface area contributed by atoms with Gasteiger partial charge < -0.3 is 9.80 Å². The number of piperazine rings is 1. The average molecular weight is 422 g/mol. The van der Waals surface area contributed by atoms with Gasteiger partial charge in [0.05, 0.1) is 15.5 Å². The zero-order chi connectivity index (χ0) is 20.3. The molecule has 7 nitrogen and oxygen atoms in total. The van der Waals surface area contributed by atoms with E-state index in [-0.39, 0.29) is 27.1 Å². The number of anilines is 1. The van der Waals surface area contributed by atoms with Crippen LogP contribution in [0.2, 0.25) is 5.02 Å². The number of rotatable bonds is 5. The summed E-state index contributed by atoms with van der Waals surface area (Å²) >= 11 is 6.18. The van der Waals surface area contributed by atoms with Crippen LogP contribution in [-0.4, -0.2) is 56.7 Å². The smallest absolute Gasteiger partial charge is 0.261 e. The molecule has 2 amide bonds. The number of carbonyl (C=O) groups excluding carboxylic acids is 2. The Hall–Kier alpha value is -2.58. The molecule has 0 aliphatic carbocycles. The van der Waals surface area contributed by atoms with Gasteiger partial charge in [-0.3, -0.25) is 14.3 Å². The molecule has 0 radical (unpaired) electrons. The first-order valence-corrected chi connectivity index (χ1v) is 10.5. The average Bonchev–Trinajstić information content (AvgIpc) is 2.69. The maximum Gasteiger partial charge on any atom is 0.261 e. The van der Waals surface area contributed by atoms with Crippen molar-refractivity contribution < 1.29 is 18.0 Å². The molecule has 0 saturated carbocycles. The Morgan fingerprint density at radius 1 is 1.07 bits per heavy atom. The highest BCUT2D eigenvalue weighted by atomic mass is 35.5. The summed E-state index contributed by atoms with van der Waals surface area (Å²) in [5.41, 5.74) is 1.41. The van der Waals surface area contributed by atoms with Gasteiger partial charge in [-0.2, -0.15) is 0 Å². The molecule has 28 heavy (non-hydrogen) atoms. The third-order valence-corrected chi connectivity index (χ3v) is 6.26. The fourth-order valence-corrected chi connectivity index (χ4v) is 4.13. The zero-order valence-electron chi connectivity index (χ0n) is 15.3. The molecular formula is C19H20ClN3O4S. The molecule has 1 aliphatic heterocycles. The van der Waals surface area contributed by atoms with Crippen LogP contribution in [-0.2, 0) is 14.8 Å². The van der Waals surface area contributed by atoms with Gasteiger partial charge in [-0.15, -0.1) is 0 Å². The number of amides is 2. The summed E-state index contributed by atoms with van der Waals surface area (Å²) in [5, 5.41) is 0.237. The van der Waals surface area contributed by atoms with E-state index in [4.69, 9.17) is 11.6 Å². The molecule has 148 valence electrons. The third kappa shape index (κ3) is 4.45. The van der Waals surface area contributed by atoms with Crippen LogP contribution in [0.25, 0.3) is 0 Å². The second kappa shape index (κ2) is 8.20. The highest BCUT2D eigenvalue weighted by Crippen LogP contribution is 2.25. The molecule has 1 aliphatic rings. The van der Waals surface area contributed by atoms with Gasteiger partial charge in [-0.25, -0.2) is 8.42 Å². The van der Waals surface area contributed by atoms with E-state index in [1.165, 1.54) is 30.3 Å². The van der Waals surface area contributed by atoms with Crippen LogP contribution in [0, 0.1) is 6.92 Å². The van der Waals surface area contributed by atoms with E-state index < -0.39 is 10.0 Å². The molecule has 9 heteroatoms. The first-order chi connectivity index (χ1) is 13.3. The molecule has 1 heterocycles. The molecule has 3 rings (SSSR count). The first-order valence-electron chi connectivity index (χ1n) is 8.68. The highest BCUT2D eigenvalue weighted by Gasteiger charge is 2.24. The summed E-state index contributed by atoms with van der Waals surface area (Å²) in [6.07, 6.45) is 0.759. The molecule has 1 N–H and O–H groups in total. The first kappa shape index (κ1) is 20.2. The van der Waals surface area contributed by atoms with Crippen molar-refractivity contribution in [3.05, 3.63) is 58.6 Å².